The normalized spacial score (nSPS) is 22.1. The molecule has 1 saturated heterocycles. The zero-order valence-electron chi connectivity index (χ0n) is 12.9. The van der Waals surface area contributed by atoms with E-state index in [-0.39, 0.29) is 10.8 Å². The molecule has 2 aliphatic rings. The van der Waals surface area contributed by atoms with E-state index in [1.807, 2.05) is 6.92 Å². The highest BCUT2D eigenvalue weighted by atomic mass is 32.2. The summed E-state index contributed by atoms with van der Waals surface area (Å²) in [4.78, 5) is 16.8. The fraction of sp³-hybridized carbons (Fsp3) is 0.467. The zero-order valence-corrected chi connectivity index (χ0v) is 14.5. The summed E-state index contributed by atoms with van der Waals surface area (Å²) >= 11 is 1.49. The number of aliphatic imine (C=N–C) groups is 1. The molecule has 0 saturated carbocycles. The first-order valence-electron chi connectivity index (χ1n) is 7.55. The van der Waals surface area contributed by atoms with Gasteiger partial charge in [-0.25, -0.2) is 8.42 Å². The van der Waals surface area contributed by atoms with E-state index in [0.717, 1.165) is 11.3 Å². The maximum atomic E-state index is 12.8. The molecule has 1 N–H and O–H groups in total. The molecule has 0 aromatic heterocycles. The molecule has 0 unspecified atom stereocenters. The van der Waals surface area contributed by atoms with Gasteiger partial charge in [0.1, 0.15) is 6.04 Å². The second-order valence-electron chi connectivity index (χ2n) is 5.61. The van der Waals surface area contributed by atoms with E-state index in [0.29, 0.717) is 31.1 Å². The molecule has 23 heavy (non-hydrogen) atoms. The van der Waals surface area contributed by atoms with E-state index < -0.39 is 16.1 Å². The van der Waals surface area contributed by atoms with Gasteiger partial charge >= 0.3 is 0 Å². The van der Waals surface area contributed by atoms with Gasteiger partial charge in [0.05, 0.1) is 11.4 Å². The lowest BCUT2D eigenvalue weighted by molar-refractivity contribution is -0.122. The van der Waals surface area contributed by atoms with Gasteiger partial charge in [-0.15, -0.1) is 0 Å². The van der Waals surface area contributed by atoms with Crippen LogP contribution in [0.5, 0.6) is 0 Å². The SMILES string of the molecule is Cc1ccc(S(=O)(=O)N2CCC[C@H]2C(=O)NC2=NCCS2)cc1. The Bertz CT molecular complexity index is 729. The third-order valence-corrected chi connectivity index (χ3v) is 6.76. The van der Waals surface area contributed by atoms with Gasteiger partial charge in [-0.1, -0.05) is 29.5 Å². The number of sulfonamides is 1. The number of aryl methyl sites for hydroxylation is 1. The van der Waals surface area contributed by atoms with Gasteiger partial charge in [0.2, 0.25) is 15.9 Å². The van der Waals surface area contributed by atoms with E-state index in [2.05, 4.69) is 10.3 Å². The quantitative estimate of drug-likeness (QED) is 0.890. The molecule has 124 valence electrons. The monoisotopic (exact) mass is 353 g/mol. The van der Waals surface area contributed by atoms with Gasteiger partial charge in [0, 0.05) is 12.3 Å². The van der Waals surface area contributed by atoms with Crippen molar-refractivity contribution in [1.82, 2.24) is 9.62 Å². The smallest absolute Gasteiger partial charge is 0.244 e. The van der Waals surface area contributed by atoms with Crippen LogP contribution >= 0.6 is 11.8 Å². The third kappa shape index (κ3) is 3.44. The summed E-state index contributed by atoms with van der Waals surface area (Å²) in [6, 6.07) is 6.05. The van der Waals surface area contributed by atoms with Crippen LogP contribution in [0.25, 0.3) is 0 Å². The molecule has 6 nitrogen and oxygen atoms in total. The number of amides is 1. The Labute approximate surface area is 140 Å². The molecule has 1 amide bonds. The molecule has 2 aliphatic heterocycles. The lowest BCUT2D eigenvalue weighted by Crippen LogP contribution is -2.46. The van der Waals surface area contributed by atoms with Crippen molar-refractivity contribution < 1.29 is 13.2 Å². The number of rotatable bonds is 3. The average molecular weight is 353 g/mol. The molecular weight excluding hydrogens is 334 g/mol. The summed E-state index contributed by atoms with van der Waals surface area (Å²) in [5, 5.41) is 3.34. The van der Waals surface area contributed by atoms with Crippen LogP contribution in [0.2, 0.25) is 0 Å². The first-order chi connectivity index (χ1) is 11.0. The molecule has 1 atom stereocenters. The van der Waals surface area contributed by atoms with Gasteiger partial charge in [0.25, 0.3) is 0 Å². The van der Waals surface area contributed by atoms with Crippen LogP contribution in [0.1, 0.15) is 18.4 Å². The van der Waals surface area contributed by atoms with Crippen LogP contribution in [-0.4, -0.2) is 48.7 Å². The number of amidine groups is 1. The Morgan fingerprint density at radius 1 is 1.35 bits per heavy atom. The number of hydrogen-bond acceptors (Lipinski definition) is 5. The number of nitrogens with zero attached hydrogens (tertiary/aromatic N) is 2. The molecule has 0 radical (unpaired) electrons. The number of benzene rings is 1. The lowest BCUT2D eigenvalue weighted by atomic mass is 10.2. The Morgan fingerprint density at radius 2 is 2.09 bits per heavy atom. The van der Waals surface area contributed by atoms with Crippen molar-refractivity contribution in [3.05, 3.63) is 29.8 Å². The molecule has 0 spiro atoms. The number of hydrogen-bond donors (Lipinski definition) is 1. The third-order valence-electron chi connectivity index (χ3n) is 3.95. The van der Waals surface area contributed by atoms with Crippen LogP contribution in [0.3, 0.4) is 0 Å². The molecule has 0 aliphatic carbocycles. The Hall–Kier alpha value is -1.38. The first kappa shape index (κ1) is 16.5. The number of carbonyl (C=O) groups is 1. The molecule has 0 bridgehead atoms. The van der Waals surface area contributed by atoms with Gasteiger partial charge in [0.15, 0.2) is 5.17 Å². The van der Waals surface area contributed by atoms with E-state index in [4.69, 9.17) is 0 Å². The Kier molecular flexibility index (Phi) is 4.74. The lowest BCUT2D eigenvalue weighted by Gasteiger charge is -2.23. The Balaban J connectivity index is 1.80. The maximum absolute atomic E-state index is 12.8. The second-order valence-corrected chi connectivity index (χ2v) is 8.59. The molecule has 1 fully saturated rings. The maximum Gasteiger partial charge on any atom is 0.244 e. The highest BCUT2D eigenvalue weighted by Crippen LogP contribution is 2.26. The minimum Gasteiger partial charge on any atom is -0.304 e. The van der Waals surface area contributed by atoms with Crippen molar-refractivity contribution in [2.45, 2.75) is 30.7 Å². The van der Waals surface area contributed by atoms with Crippen molar-refractivity contribution in [1.29, 1.82) is 0 Å². The average Bonchev–Trinajstić information content (AvgIpc) is 3.19. The van der Waals surface area contributed by atoms with Gasteiger partial charge in [-0.3, -0.25) is 9.79 Å². The molecule has 3 rings (SSSR count). The molecule has 2 heterocycles. The fourth-order valence-electron chi connectivity index (χ4n) is 2.73. The van der Waals surface area contributed by atoms with Crippen molar-refractivity contribution in [3.8, 4) is 0 Å². The highest BCUT2D eigenvalue weighted by molar-refractivity contribution is 8.14. The minimum absolute atomic E-state index is 0.232. The summed E-state index contributed by atoms with van der Waals surface area (Å²) in [7, 11) is -3.66. The molecule has 8 heteroatoms. The number of carbonyl (C=O) groups excluding carboxylic acids is 1. The predicted octanol–water partition coefficient (Wildman–Crippen LogP) is 1.37. The van der Waals surface area contributed by atoms with Gasteiger partial charge in [-0.05, 0) is 31.9 Å². The second kappa shape index (κ2) is 6.62. The van der Waals surface area contributed by atoms with Crippen LogP contribution in [0.4, 0.5) is 0 Å². The van der Waals surface area contributed by atoms with E-state index in [1.165, 1.54) is 16.1 Å². The van der Waals surface area contributed by atoms with Crippen LogP contribution in [-0.2, 0) is 14.8 Å². The van der Waals surface area contributed by atoms with Crippen molar-refractivity contribution in [2.24, 2.45) is 4.99 Å². The first-order valence-corrected chi connectivity index (χ1v) is 9.98. The fourth-order valence-corrected chi connectivity index (χ4v) is 5.12. The van der Waals surface area contributed by atoms with Crippen molar-refractivity contribution in [3.63, 3.8) is 0 Å². The Morgan fingerprint density at radius 3 is 2.74 bits per heavy atom. The largest absolute Gasteiger partial charge is 0.304 e. The van der Waals surface area contributed by atoms with Gasteiger partial charge < -0.3 is 5.32 Å². The van der Waals surface area contributed by atoms with Gasteiger partial charge in [-0.2, -0.15) is 4.31 Å². The van der Waals surface area contributed by atoms with E-state index in [1.54, 1.807) is 24.3 Å². The number of thioether (sulfide) groups is 1. The summed E-state index contributed by atoms with van der Waals surface area (Å²) in [5.41, 5.74) is 0.996. The van der Waals surface area contributed by atoms with Crippen molar-refractivity contribution in [2.75, 3.05) is 18.8 Å². The van der Waals surface area contributed by atoms with Crippen LogP contribution < -0.4 is 5.32 Å². The molecular formula is C15H19N3O3S2. The predicted molar refractivity (Wildman–Crippen MR) is 91.0 cm³/mol. The minimum atomic E-state index is -3.66. The van der Waals surface area contributed by atoms with Crippen LogP contribution in [0.15, 0.2) is 34.2 Å². The van der Waals surface area contributed by atoms with Crippen LogP contribution in [0, 0.1) is 6.92 Å². The summed E-state index contributed by atoms with van der Waals surface area (Å²) in [6.45, 7) is 2.97. The number of nitrogens with one attached hydrogen (secondary N) is 1. The van der Waals surface area contributed by atoms with E-state index in [9.17, 15) is 13.2 Å². The highest BCUT2D eigenvalue weighted by Gasteiger charge is 2.39. The van der Waals surface area contributed by atoms with E-state index >= 15 is 0 Å². The summed E-state index contributed by atoms with van der Waals surface area (Å²) in [6.07, 6.45) is 1.22. The molecule has 1 aromatic rings. The summed E-state index contributed by atoms with van der Waals surface area (Å²) < 4.78 is 26.9. The topological polar surface area (TPSA) is 78.8 Å². The molecule has 1 aromatic carbocycles. The van der Waals surface area contributed by atoms with Crippen molar-refractivity contribution >= 4 is 32.9 Å². The standard InChI is InChI=1S/C15H19N3O3S2/c1-11-4-6-12(7-5-11)23(20,21)18-9-2-3-13(18)14(19)17-15-16-8-10-22-15/h4-7,13H,2-3,8-10H2,1H3,(H,16,17,19)/t13-/m0/s1. The zero-order chi connectivity index (χ0) is 16.4. The summed E-state index contributed by atoms with van der Waals surface area (Å²) in [5.74, 6) is 0.567.